The summed E-state index contributed by atoms with van der Waals surface area (Å²) in [6, 6.07) is 8.46. The molecule has 18 heavy (non-hydrogen) atoms. The number of aromatic nitrogens is 1. The highest BCUT2D eigenvalue weighted by molar-refractivity contribution is 14.1. The van der Waals surface area contributed by atoms with Gasteiger partial charge in [0, 0.05) is 33.4 Å². The lowest BCUT2D eigenvalue weighted by Gasteiger charge is -2.20. The monoisotopic (exact) mass is 354 g/mol. The highest BCUT2D eigenvalue weighted by Gasteiger charge is 2.22. The van der Waals surface area contributed by atoms with Crippen LogP contribution in [-0.2, 0) is 0 Å². The number of fused-ring (bicyclic) bond motifs is 1. The Morgan fingerprint density at radius 1 is 1.39 bits per heavy atom. The lowest BCUT2D eigenvalue weighted by Crippen LogP contribution is -2.21. The fraction of sp³-hybridized carbons (Fsp3) is 0.357. The molecule has 0 saturated carbocycles. The van der Waals surface area contributed by atoms with Crippen LogP contribution in [0.15, 0.2) is 24.3 Å². The average molecular weight is 354 g/mol. The lowest BCUT2D eigenvalue weighted by atomic mass is 10.1. The van der Waals surface area contributed by atoms with E-state index >= 15 is 0 Å². The Morgan fingerprint density at radius 3 is 2.94 bits per heavy atom. The fourth-order valence-electron chi connectivity index (χ4n) is 2.53. The molecule has 2 aromatic rings. The molecular weight excluding hydrogens is 339 g/mol. The van der Waals surface area contributed by atoms with E-state index in [2.05, 4.69) is 56.7 Å². The SMILES string of the molecule is Cc1cc(N2CC[C@H](O)C2)c2ccc(I)cc2n1. The summed E-state index contributed by atoms with van der Waals surface area (Å²) in [5.41, 5.74) is 3.27. The van der Waals surface area contributed by atoms with Gasteiger partial charge in [-0.3, -0.25) is 4.98 Å². The molecule has 2 heterocycles. The van der Waals surface area contributed by atoms with Crippen LogP contribution in [0.25, 0.3) is 10.9 Å². The quantitative estimate of drug-likeness (QED) is 0.800. The van der Waals surface area contributed by atoms with Crippen LogP contribution < -0.4 is 4.90 Å². The van der Waals surface area contributed by atoms with E-state index in [9.17, 15) is 5.11 Å². The van der Waals surface area contributed by atoms with Crippen molar-refractivity contribution in [1.29, 1.82) is 0 Å². The van der Waals surface area contributed by atoms with Crippen molar-refractivity contribution in [3.63, 3.8) is 0 Å². The van der Waals surface area contributed by atoms with Gasteiger partial charge >= 0.3 is 0 Å². The largest absolute Gasteiger partial charge is 0.391 e. The van der Waals surface area contributed by atoms with E-state index < -0.39 is 0 Å². The summed E-state index contributed by atoms with van der Waals surface area (Å²) in [6.07, 6.45) is 0.658. The Hall–Kier alpha value is -0.880. The standard InChI is InChI=1S/C14H15IN2O/c1-9-6-14(17-5-4-11(18)8-17)12-3-2-10(15)7-13(12)16-9/h2-3,6-7,11,18H,4-5,8H2,1H3/t11-/m0/s1. The summed E-state index contributed by atoms with van der Waals surface area (Å²) < 4.78 is 1.20. The van der Waals surface area contributed by atoms with Crippen molar-refractivity contribution in [2.45, 2.75) is 19.4 Å². The zero-order valence-corrected chi connectivity index (χ0v) is 12.4. The summed E-state index contributed by atoms with van der Waals surface area (Å²) in [5, 5.41) is 10.9. The number of benzene rings is 1. The number of aliphatic hydroxyl groups excluding tert-OH is 1. The third-order valence-corrected chi connectivity index (χ3v) is 4.05. The number of nitrogens with zero attached hydrogens (tertiary/aromatic N) is 2. The molecule has 0 bridgehead atoms. The van der Waals surface area contributed by atoms with E-state index in [0.29, 0.717) is 0 Å². The minimum absolute atomic E-state index is 0.197. The molecule has 0 aliphatic carbocycles. The maximum absolute atomic E-state index is 9.69. The molecule has 3 rings (SSSR count). The number of β-amino-alcohol motifs (C(OH)–C–C–N with tert-alkyl or cyclic N) is 1. The first-order valence-electron chi connectivity index (χ1n) is 6.13. The summed E-state index contributed by atoms with van der Waals surface area (Å²) in [4.78, 5) is 6.85. The molecule has 1 aliphatic rings. The van der Waals surface area contributed by atoms with Crippen molar-refractivity contribution in [1.82, 2.24) is 4.98 Å². The Kier molecular flexibility index (Phi) is 3.15. The van der Waals surface area contributed by atoms with Crippen LogP contribution in [0.4, 0.5) is 5.69 Å². The Bertz CT molecular complexity index is 594. The first kappa shape index (κ1) is 12.2. The maximum atomic E-state index is 9.69. The van der Waals surface area contributed by atoms with Gasteiger partial charge < -0.3 is 10.0 Å². The molecular formula is C14H15IN2O. The normalized spacial score (nSPS) is 19.7. The highest BCUT2D eigenvalue weighted by Crippen LogP contribution is 2.30. The molecule has 1 aromatic heterocycles. The number of halogens is 1. The van der Waals surface area contributed by atoms with Crippen molar-refractivity contribution >= 4 is 39.2 Å². The maximum Gasteiger partial charge on any atom is 0.0736 e. The Labute approximate surface area is 120 Å². The van der Waals surface area contributed by atoms with E-state index in [4.69, 9.17) is 0 Å². The minimum Gasteiger partial charge on any atom is -0.391 e. The average Bonchev–Trinajstić information content (AvgIpc) is 2.74. The van der Waals surface area contributed by atoms with E-state index in [1.807, 2.05) is 6.92 Å². The predicted octanol–water partition coefficient (Wildman–Crippen LogP) is 2.72. The first-order chi connectivity index (χ1) is 8.63. The van der Waals surface area contributed by atoms with Gasteiger partial charge in [-0.05, 0) is 60.2 Å². The van der Waals surface area contributed by atoms with E-state index in [-0.39, 0.29) is 6.10 Å². The number of pyridine rings is 1. The van der Waals surface area contributed by atoms with Crippen LogP contribution in [0.5, 0.6) is 0 Å². The summed E-state index contributed by atoms with van der Waals surface area (Å²) >= 11 is 2.31. The fourth-order valence-corrected chi connectivity index (χ4v) is 3.01. The highest BCUT2D eigenvalue weighted by atomic mass is 127. The molecule has 1 saturated heterocycles. The molecule has 4 heteroatoms. The lowest BCUT2D eigenvalue weighted by molar-refractivity contribution is 0.198. The van der Waals surface area contributed by atoms with Crippen molar-refractivity contribution in [2.75, 3.05) is 18.0 Å². The molecule has 1 aromatic carbocycles. The van der Waals surface area contributed by atoms with Gasteiger partial charge in [-0.2, -0.15) is 0 Å². The smallest absolute Gasteiger partial charge is 0.0736 e. The van der Waals surface area contributed by atoms with Crippen LogP contribution in [0, 0.1) is 10.5 Å². The number of rotatable bonds is 1. The molecule has 1 atom stereocenters. The van der Waals surface area contributed by atoms with Crippen LogP contribution in [0.2, 0.25) is 0 Å². The number of anilines is 1. The summed E-state index contributed by atoms with van der Waals surface area (Å²) in [7, 11) is 0. The van der Waals surface area contributed by atoms with Crippen LogP contribution in [-0.4, -0.2) is 29.3 Å². The molecule has 94 valence electrons. The van der Waals surface area contributed by atoms with Crippen LogP contribution >= 0.6 is 22.6 Å². The second-order valence-corrected chi connectivity index (χ2v) is 6.08. The van der Waals surface area contributed by atoms with Gasteiger partial charge in [0.15, 0.2) is 0 Å². The topological polar surface area (TPSA) is 36.4 Å². The zero-order chi connectivity index (χ0) is 12.7. The predicted molar refractivity (Wildman–Crippen MR) is 82.0 cm³/mol. The molecule has 1 N–H and O–H groups in total. The minimum atomic E-state index is -0.197. The van der Waals surface area contributed by atoms with Gasteiger partial charge in [0.2, 0.25) is 0 Å². The van der Waals surface area contributed by atoms with Gasteiger partial charge in [-0.1, -0.05) is 0 Å². The summed E-state index contributed by atoms with van der Waals surface area (Å²) in [6.45, 7) is 3.67. The van der Waals surface area contributed by atoms with Crippen LogP contribution in [0.1, 0.15) is 12.1 Å². The number of hydrogen-bond acceptors (Lipinski definition) is 3. The van der Waals surface area contributed by atoms with Crippen molar-refractivity contribution < 1.29 is 5.11 Å². The molecule has 3 nitrogen and oxygen atoms in total. The van der Waals surface area contributed by atoms with Gasteiger partial charge in [0.25, 0.3) is 0 Å². The van der Waals surface area contributed by atoms with Crippen molar-refractivity contribution in [3.8, 4) is 0 Å². The third kappa shape index (κ3) is 2.19. The van der Waals surface area contributed by atoms with Crippen molar-refractivity contribution in [3.05, 3.63) is 33.5 Å². The number of aliphatic hydroxyl groups is 1. The summed E-state index contributed by atoms with van der Waals surface area (Å²) in [5.74, 6) is 0. The van der Waals surface area contributed by atoms with Crippen molar-refractivity contribution in [2.24, 2.45) is 0 Å². The Morgan fingerprint density at radius 2 is 2.22 bits per heavy atom. The molecule has 0 amide bonds. The molecule has 1 fully saturated rings. The molecule has 0 radical (unpaired) electrons. The second kappa shape index (κ2) is 4.66. The molecule has 0 spiro atoms. The number of hydrogen-bond donors (Lipinski definition) is 1. The van der Waals surface area contributed by atoms with Gasteiger partial charge in [-0.25, -0.2) is 0 Å². The molecule has 0 unspecified atom stereocenters. The Balaban J connectivity index is 2.15. The number of aryl methyl sites for hydroxylation is 1. The molecule has 1 aliphatic heterocycles. The third-order valence-electron chi connectivity index (χ3n) is 3.38. The first-order valence-corrected chi connectivity index (χ1v) is 7.21. The van der Waals surface area contributed by atoms with E-state index in [1.54, 1.807) is 0 Å². The van der Waals surface area contributed by atoms with E-state index in [0.717, 1.165) is 30.7 Å². The zero-order valence-electron chi connectivity index (χ0n) is 10.2. The van der Waals surface area contributed by atoms with Gasteiger partial charge in [0.05, 0.1) is 11.6 Å². The van der Waals surface area contributed by atoms with Gasteiger partial charge in [-0.15, -0.1) is 0 Å². The van der Waals surface area contributed by atoms with E-state index in [1.165, 1.54) is 14.6 Å². The van der Waals surface area contributed by atoms with Gasteiger partial charge in [0.1, 0.15) is 0 Å². The van der Waals surface area contributed by atoms with Crippen LogP contribution in [0.3, 0.4) is 0 Å². The second-order valence-electron chi connectivity index (χ2n) is 4.83.